The average Bonchev–Trinajstić information content (AvgIpc) is 2.86. The van der Waals surface area contributed by atoms with Crippen LogP contribution in [0.1, 0.15) is 0 Å². The Bertz CT molecular complexity index is 1100. The van der Waals surface area contributed by atoms with Crippen LogP contribution in [0, 0.1) is 0 Å². The standard InChI is InChI=1S/C18H13Cl2F20N3O2/c19-17(37,38)15(33,34)13(29,30)11(25,26)9(21,22)7(44)41-1-2-42-3-5-43(6-4-42)8(45)10(23,24)12(27,28)14(31,32)16(35,36)18(20,39)40/h1-6H2,(H,41,44). The fourth-order valence-electron chi connectivity index (χ4n) is 3.23. The van der Waals surface area contributed by atoms with E-state index in [0.29, 0.717) is 0 Å². The summed E-state index contributed by atoms with van der Waals surface area (Å²) in [5, 5.41) is -12.2. The Morgan fingerprint density at radius 2 is 0.844 bits per heavy atom. The van der Waals surface area contributed by atoms with Crippen LogP contribution >= 0.6 is 23.2 Å². The van der Waals surface area contributed by atoms with Crippen LogP contribution in [0.15, 0.2) is 0 Å². The number of nitrogens with zero attached hydrogens (tertiary/aromatic N) is 2. The summed E-state index contributed by atoms with van der Waals surface area (Å²) in [7, 11) is 0. The minimum atomic E-state index is -7.65. The van der Waals surface area contributed by atoms with Crippen molar-refractivity contribution in [1.82, 2.24) is 15.1 Å². The van der Waals surface area contributed by atoms with Gasteiger partial charge in [0.2, 0.25) is 0 Å². The highest BCUT2D eigenvalue weighted by Gasteiger charge is 2.89. The van der Waals surface area contributed by atoms with Gasteiger partial charge in [0.15, 0.2) is 0 Å². The number of halogens is 22. The largest absolute Gasteiger partial charge is 0.393 e. The molecule has 1 rings (SSSR count). The predicted molar refractivity (Wildman–Crippen MR) is 107 cm³/mol. The van der Waals surface area contributed by atoms with Crippen LogP contribution in [0.4, 0.5) is 87.8 Å². The Labute approximate surface area is 245 Å². The third-order valence-corrected chi connectivity index (χ3v) is 6.48. The predicted octanol–water partition coefficient (Wildman–Crippen LogP) is 5.99. The molecule has 1 aliphatic heterocycles. The van der Waals surface area contributed by atoms with E-state index in [0.717, 1.165) is 10.2 Å². The molecule has 2 amide bonds. The van der Waals surface area contributed by atoms with E-state index in [1.54, 1.807) is 0 Å². The second kappa shape index (κ2) is 12.0. The highest BCUT2D eigenvalue weighted by molar-refractivity contribution is 6.22. The van der Waals surface area contributed by atoms with Crippen molar-refractivity contribution in [3.8, 4) is 0 Å². The lowest BCUT2D eigenvalue weighted by molar-refractivity contribution is -0.383. The van der Waals surface area contributed by atoms with Gasteiger partial charge in [0.1, 0.15) is 0 Å². The number of carbonyl (C=O) groups excluding carboxylic acids is 2. The van der Waals surface area contributed by atoms with Crippen molar-refractivity contribution in [2.75, 3.05) is 39.3 Å². The van der Waals surface area contributed by atoms with Crippen LogP contribution in [-0.4, -0.2) is 119 Å². The number of alkyl halides is 22. The molecule has 27 heteroatoms. The van der Waals surface area contributed by atoms with Gasteiger partial charge in [0, 0.05) is 39.3 Å². The molecule has 1 aliphatic rings. The second-order valence-corrected chi connectivity index (χ2v) is 9.93. The topological polar surface area (TPSA) is 52.7 Å². The maximum absolute atomic E-state index is 14.0. The van der Waals surface area contributed by atoms with Gasteiger partial charge in [0.05, 0.1) is 0 Å². The Kier molecular flexibility index (Phi) is 10.9. The monoisotopic (exact) mass is 753 g/mol. The Balaban J connectivity index is 2.92. The number of amides is 2. The molecule has 1 saturated heterocycles. The summed E-state index contributed by atoms with van der Waals surface area (Å²) in [6.45, 7) is -6.46. The third kappa shape index (κ3) is 6.49. The van der Waals surface area contributed by atoms with Crippen molar-refractivity contribution in [2.45, 2.75) is 58.1 Å². The SMILES string of the molecule is O=C(NCCN1CCN(C(=O)C(F)(F)C(F)(F)C(F)(F)C(F)(F)C(F)(F)Cl)CC1)C(F)(F)C(F)(F)C(F)(F)C(F)(F)C(F)(F)Cl. The summed E-state index contributed by atoms with van der Waals surface area (Å²) < 4.78 is 267. The lowest BCUT2D eigenvalue weighted by atomic mass is 9.97. The van der Waals surface area contributed by atoms with Crippen LogP contribution in [0.5, 0.6) is 0 Å². The smallest absolute Gasteiger partial charge is 0.349 e. The highest BCUT2D eigenvalue weighted by atomic mass is 35.5. The summed E-state index contributed by atoms with van der Waals surface area (Å²) in [4.78, 5) is 23.6. The molecule has 0 spiro atoms. The van der Waals surface area contributed by atoms with Crippen molar-refractivity contribution in [1.29, 1.82) is 0 Å². The molecule has 1 N–H and O–H groups in total. The third-order valence-electron chi connectivity index (χ3n) is 6.00. The maximum Gasteiger partial charge on any atom is 0.393 e. The van der Waals surface area contributed by atoms with Crippen molar-refractivity contribution < 1.29 is 97.4 Å². The first kappa shape index (κ1) is 41.1. The Morgan fingerprint density at radius 1 is 0.511 bits per heavy atom. The van der Waals surface area contributed by atoms with Crippen molar-refractivity contribution in [3.63, 3.8) is 0 Å². The van der Waals surface area contributed by atoms with Gasteiger partial charge < -0.3 is 10.2 Å². The van der Waals surface area contributed by atoms with Crippen molar-refractivity contribution in [3.05, 3.63) is 0 Å². The number of nitrogens with one attached hydrogen (secondary N) is 1. The molecule has 0 radical (unpaired) electrons. The zero-order valence-electron chi connectivity index (χ0n) is 20.8. The van der Waals surface area contributed by atoms with Crippen LogP contribution in [-0.2, 0) is 9.59 Å². The molecule has 0 aliphatic carbocycles. The van der Waals surface area contributed by atoms with Gasteiger partial charge in [-0.05, 0) is 23.2 Å². The van der Waals surface area contributed by atoms with Crippen molar-refractivity contribution >= 4 is 35.0 Å². The van der Waals surface area contributed by atoms with E-state index in [9.17, 15) is 97.4 Å². The minimum Gasteiger partial charge on any atom is -0.349 e. The fraction of sp³-hybridized carbons (Fsp3) is 0.889. The molecule has 0 unspecified atom stereocenters. The van der Waals surface area contributed by atoms with Gasteiger partial charge >= 0.3 is 58.1 Å². The quantitative estimate of drug-likeness (QED) is 0.186. The van der Waals surface area contributed by atoms with E-state index < -0.39 is 109 Å². The molecule has 5 nitrogen and oxygen atoms in total. The zero-order chi connectivity index (χ0) is 36.3. The number of rotatable bonds is 13. The number of hydrogen-bond donors (Lipinski definition) is 1. The molecular formula is C18H13Cl2F20N3O2. The maximum atomic E-state index is 14.0. The van der Waals surface area contributed by atoms with Crippen molar-refractivity contribution in [2.24, 2.45) is 0 Å². The summed E-state index contributed by atoms with van der Waals surface area (Å²) in [5.41, 5.74) is 0. The molecule has 1 fully saturated rings. The first-order valence-electron chi connectivity index (χ1n) is 11.0. The number of carbonyl (C=O) groups is 2. The summed E-state index contributed by atoms with van der Waals surface area (Å²) in [5.74, 6) is -65.4. The van der Waals surface area contributed by atoms with Crippen LogP contribution < -0.4 is 5.32 Å². The van der Waals surface area contributed by atoms with Crippen LogP contribution in [0.25, 0.3) is 0 Å². The van der Waals surface area contributed by atoms with Gasteiger partial charge in [-0.1, -0.05) is 0 Å². The normalized spacial score (nSPS) is 17.9. The molecule has 0 aromatic carbocycles. The van der Waals surface area contributed by atoms with E-state index >= 15 is 0 Å². The molecule has 45 heavy (non-hydrogen) atoms. The van der Waals surface area contributed by atoms with E-state index in [4.69, 9.17) is 0 Å². The van der Waals surface area contributed by atoms with E-state index in [-0.39, 0.29) is 4.90 Å². The second-order valence-electron chi connectivity index (χ2n) is 8.98. The van der Waals surface area contributed by atoms with E-state index in [2.05, 4.69) is 23.2 Å². The molecule has 266 valence electrons. The average molecular weight is 754 g/mol. The lowest BCUT2D eigenvalue weighted by Crippen LogP contribution is -2.70. The summed E-state index contributed by atoms with van der Waals surface area (Å²) >= 11 is 7.23. The number of hydrogen-bond acceptors (Lipinski definition) is 3. The van der Waals surface area contributed by atoms with Crippen LogP contribution in [0.2, 0.25) is 0 Å². The van der Waals surface area contributed by atoms with Gasteiger partial charge in [0.25, 0.3) is 11.8 Å². The molecule has 1 heterocycles. The molecular weight excluding hydrogens is 741 g/mol. The number of piperazine rings is 1. The van der Waals surface area contributed by atoms with Gasteiger partial charge in [-0.2, -0.15) is 87.8 Å². The minimum absolute atomic E-state index is 0.389. The first-order chi connectivity index (χ1) is 19.5. The van der Waals surface area contributed by atoms with E-state index in [1.807, 2.05) is 0 Å². The van der Waals surface area contributed by atoms with E-state index in [1.165, 1.54) is 0 Å². The Morgan fingerprint density at radius 3 is 1.18 bits per heavy atom. The fourth-order valence-corrected chi connectivity index (χ4v) is 3.47. The summed E-state index contributed by atoms with van der Waals surface area (Å²) in [6, 6.07) is 0. The zero-order valence-corrected chi connectivity index (χ0v) is 22.3. The first-order valence-corrected chi connectivity index (χ1v) is 11.7. The van der Waals surface area contributed by atoms with Gasteiger partial charge in [-0.3, -0.25) is 14.5 Å². The van der Waals surface area contributed by atoms with Gasteiger partial charge in [-0.25, -0.2) is 0 Å². The Hall–Kier alpha value is -1.92. The molecule has 0 aromatic heterocycles. The van der Waals surface area contributed by atoms with Gasteiger partial charge in [-0.15, -0.1) is 0 Å². The molecule has 0 aromatic rings. The highest BCUT2D eigenvalue weighted by Crippen LogP contribution is 2.59. The lowest BCUT2D eigenvalue weighted by Gasteiger charge is -2.40. The van der Waals surface area contributed by atoms with Crippen LogP contribution in [0.3, 0.4) is 0 Å². The molecule has 0 bridgehead atoms. The molecule has 0 atom stereocenters. The summed E-state index contributed by atoms with van der Waals surface area (Å²) in [6.07, 6.45) is 0. The molecule has 0 saturated carbocycles.